The third-order valence-corrected chi connectivity index (χ3v) is 6.79. The first kappa shape index (κ1) is 17.9. The number of benzene rings is 1. The third-order valence-electron chi connectivity index (χ3n) is 3.57. The highest BCUT2D eigenvalue weighted by Gasteiger charge is 2.31. The molecule has 7 heteroatoms. The van der Waals surface area contributed by atoms with Gasteiger partial charge in [-0.15, -0.1) is 12.4 Å². The molecule has 1 heterocycles. The van der Waals surface area contributed by atoms with Crippen LogP contribution in [0.1, 0.15) is 18.4 Å². The Balaban J connectivity index is 0.00000200. The topological polar surface area (TPSA) is 49.4 Å². The van der Waals surface area contributed by atoms with Crippen LogP contribution in [0.3, 0.4) is 0 Å². The van der Waals surface area contributed by atoms with Crippen LogP contribution in [0.25, 0.3) is 0 Å². The summed E-state index contributed by atoms with van der Waals surface area (Å²) >= 11 is 3.39. The molecule has 0 amide bonds. The van der Waals surface area contributed by atoms with Gasteiger partial charge in [0, 0.05) is 23.6 Å². The van der Waals surface area contributed by atoms with E-state index in [2.05, 4.69) is 21.2 Å². The van der Waals surface area contributed by atoms with Crippen molar-refractivity contribution in [3.8, 4) is 0 Å². The molecule has 1 aromatic carbocycles. The van der Waals surface area contributed by atoms with Gasteiger partial charge in [0.1, 0.15) is 0 Å². The molecule has 1 saturated heterocycles. The average molecular weight is 384 g/mol. The Bertz CT molecular complexity index is 565. The van der Waals surface area contributed by atoms with Crippen molar-refractivity contribution in [2.75, 3.05) is 20.1 Å². The van der Waals surface area contributed by atoms with E-state index in [1.807, 2.05) is 20.0 Å². The van der Waals surface area contributed by atoms with E-state index in [1.165, 1.54) is 0 Å². The van der Waals surface area contributed by atoms with Crippen LogP contribution in [-0.4, -0.2) is 38.9 Å². The van der Waals surface area contributed by atoms with Gasteiger partial charge in [0.2, 0.25) is 10.0 Å². The number of piperidine rings is 1. The number of hydrogen-bond donors (Lipinski definition) is 1. The maximum atomic E-state index is 12.7. The van der Waals surface area contributed by atoms with Gasteiger partial charge in [-0.2, -0.15) is 4.31 Å². The highest BCUT2D eigenvalue weighted by Crippen LogP contribution is 2.29. The number of aryl methyl sites for hydroxylation is 1. The molecule has 1 atom stereocenters. The lowest BCUT2D eigenvalue weighted by atomic mass is 10.1. The second kappa shape index (κ2) is 7.22. The molecule has 1 unspecified atom stereocenters. The summed E-state index contributed by atoms with van der Waals surface area (Å²) in [5, 5.41) is 3.17. The maximum Gasteiger partial charge on any atom is 0.244 e. The number of hydrogen-bond acceptors (Lipinski definition) is 3. The first-order valence-electron chi connectivity index (χ1n) is 6.39. The van der Waals surface area contributed by atoms with Gasteiger partial charge in [0.15, 0.2) is 0 Å². The third kappa shape index (κ3) is 3.54. The minimum atomic E-state index is -3.41. The van der Waals surface area contributed by atoms with E-state index >= 15 is 0 Å². The molecular formula is C13H20BrClN2O2S. The molecule has 114 valence electrons. The van der Waals surface area contributed by atoms with Crippen LogP contribution in [0.2, 0.25) is 0 Å². The quantitative estimate of drug-likeness (QED) is 0.872. The minimum Gasteiger partial charge on any atom is -0.316 e. The summed E-state index contributed by atoms with van der Waals surface area (Å²) in [6, 6.07) is 5.59. The van der Waals surface area contributed by atoms with Gasteiger partial charge in [0.25, 0.3) is 0 Å². The fourth-order valence-corrected chi connectivity index (χ4v) is 4.89. The Morgan fingerprint density at radius 3 is 2.75 bits per heavy atom. The zero-order valence-corrected chi connectivity index (χ0v) is 14.8. The Morgan fingerprint density at radius 2 is 2.10 bits per heavy atom. The molecule has 2 rings (SSSR count). The van der Waals surface area contributed by atoms with Gasteiger partial charge in [-0.1, -0.05) is 12.1 Å². The first-order chi connectivity index (χ1) is 8.96. The predicted molar refractivity (Wildman–Crippen MR) is 87.0 cm³/mol. The van der Waals surface area contributed by atoms with Crippen molar-refractivity contribution in [2.24, 2.45) is 0 Å². The maximum absolute atomic E-state index is 12.7. The number of likely N-dealkylation sites (N-methyl/N-ethyl adjacent to an activating group) is 1. The zero-order valence-electron chi connectivity index (χ0n) is 11.6. The van der Waals surface area contributed by atoms with Crippen molar-refractivity contribution in [1.82, 2.24) is 9.62 Å². The zero-order chi connectivity index (χ0) is 14.0. The number of sulfonamides is 1. The number of rotatable bonds is 3. The van der Waals surface area contributed by atoms with Gasteiger partial charge in [0.05, 0.1) is 4.90 Å². The molecular weight excluding hydrogens is 364 g/mol. The Hall–Kier alpha value is -0.140. The first-order valence-corrected chi connectivity index (χ1v) is 8.62. The summed E-state index contributed by atoms with van der Waals surface area (Å²) in [4.78, 5) is 0.365. The molecule has 0 aliphatic carbocycles. The van der Waals surface area contributed by atoms with Crippen LogP contribution in [0.5, 0.6) is 0 Å². The molecule has 1 N–H and O–H groups in total. The van der Waals surface area contributed by atoms with Crippen molar-refractivity contribution < 1.29 is 8.42 Å². The largest absolute Gasteiger partial charge is 0.316 e. The van der Waals surface area contributed by atoms with E-state index in [0.717, 1.165) is 18.4 Å². The van der Waals surface area contributed by atoms with E-state index in [9.17, 15) is 8.42 Å². The molecule has 4 nitrogen and oxygen atoms in total. The van der Waals surface area contributed by atoms with Crippen molar-refractivity contribution in [3.05, 3.63) is 28.2 Å². The number of nitrogens with one attached hydrogen (secondary N) is 1. The summed E-state index contributed by atoms with van der Waals surface area (Å²) in [7, 11) is -1.53. The van der Waals surface area contributed by atoms with Crippen LogP contribution in [0.15, 0.2) is 27.6 Å². The van der Waals surface area contributed by atoms with Crippen molar-refractivity contribution >= 4 is 38.4 Å². The Kier molecular flexibility index (Phi) is 6.47. The van der Waals surface area contributed by atoms with Gasteiger partial charge >= 0.3 is 0 Å². The summed E-state index contributed by atoms with van der Waals surface area (Å²) in [6.07, 6.45) is 1.92. The normalized spacial score (nSPS) is 20.4. The van der Waals surface area contributed by atoms with Crippen LogP contribution < -0.4 is 5.32 Å². The van der Waals surface area contributed by atoms with Gasteiger partial charge in [-0.05, 0) is 54.4 Å². The standard InChI is InChI=1S/C13H19BrN2O2S.ClH/c1-10-5-3-7-12(13(10)14)19(17,18)16-8-4-6-11(9-16)15-2;/h3,5,7,11,15H,4,6,8-9H2,1-2H3;1H. The number of nitrogens with zero attached hydrogens (tertiary/aromatic N) is 1. The molecule has 0 aromatic heterocycles. The summed E-state index contributed by atoms with van der Waals surface area (Å²) in [5.41, 5.74) is 0.934. The molecule has 1 fully saturated rings. The molecule has 1 aliphatic rings. The van der Waals surface area contributed by atoms with Crippen molar-refractivity contribution in [1.29, 1.82) is 0 Å². The fourth-order valence-electron chi connectivity index (χ4n) is 2.36. The van der Waals surface area contributed by atoms with E-state index in [1.54, 1.807) is 16.4 Å². The van der Waals surface area contributed by atoms with E-state index < -0.39 is 10.0 Å². The lowest BCUT2D eigenvalue weighted by molar-refractivity contribution is 0.292. The highest BCUT2D eigenvalue weighted by molar-refractivity contribution is 9.10. The Morgan fingerprint density at radius 1 is 1.40 bits per heavy atom. The fraction of sp³-hybridized carbons (Fsp3) is 0.538. The molecule has 0 bridgehead atoms. The van der Waals surface area contributed by atoms with E-state index in [0.29, 0.717) is 22.5 Å². The second-order valence-electron chi connectivity index (χ2n) is 4.88. The molecule has 20 heavy (non-hydrogen) atoms. The Labute approximate surface area is 135 Å². The SMILES string of the molecule is CNC1CCCN(S(=O)(=O)c2cccc(C)c2Br)C1.Cl. The molecule has 1 aromatic rings. The van der Waals surface area contributed by atoms with Crippen LogP contribution in [0, 0.1) is 6.92 Å². The van der Waals surface area contributed by atoms with Crippen LogP contribution >= 0.6 is 28.3 Å². The summed E-state index contributed by atoms with van der Waals surface area (Å²) in [5.74, 6) is 0. The lowest BCUT2D eigenvalue weighted by Crippen LogP contribution is -2.46. The number of halogens is 2. The average Bonchev–Trinajstić information content (AvgIpc) is 2.41. The van der Waals surface area contributed by atoms with E-state index in [-0.39, 0.29) is 18.4 Å². The van der Waals surface area contributed by atoms with Gasteiger partial charge in [-0.25, -0.2) is 8.42 Å². The second-order valence-corrected chi connectivity index (χ2v) is 7.58. The minimum absolute atomic E-state index is 0. The van der Waals surface area contributed by atoms with Crippen LogP contribution in [-0.2, 0) is 10.0 Å². The predicted octanol–water partition coefficient (Wildman–Crippen LogP) is 2.55. The molecule has 0 saturated carbocycles. The van der Waals surface area contributed by atoms with Crippen molar-refractivity contribution in [3.63, 3.8) is 0 Å². The lowest BCUT2D eigenvalue weighted by Gasteiger charge is -2.32. The molecule has 1 aliphatic heterocycles. The van der Waals surface area contributed by atoms with Gasteiger partial charge in [-0.3, -0.25) is 0 Å². The highest BCUT2D eigenvalue weighted by atomic mass is 79.9. The molecule has 0 radical (unpaired) electrons. The summed E-state index contributed by atoms with van der Waals surface area (Å²) in [6.45, 7) is 3.04. The van der Waals surface area contributed by atoms with E-state index in [4.69, 9.17) is 0 Å². The van der Waals surface area contributed by atoms with Crippen LogP contribution in [0.4, 0.5) is 0 Å². The smallest absolute Gasteiger partial charge is 0.244 e. The van der Waals surface area contributed by atoms with Crippen molar-refractivity contribution in [2.45, 2.75) is 30.7 Å². The molecule has 0 spiro atoms. The monoisotopic (exact) mass is 382 g/mol. The summed E-state index contributed by atoms with van der Waals surface area (Å²) < 4.78 is 27.6. The van der Waals surface area contributed by atoms with Gasteiger partial charge < -0.3 is 5.32 Å².